The molecule has 1 rings (SSSR count). The van der Waals surface area contributed by atoms with Crippen molar-refractivity contribution in [1.82, 2.24) is 0 Å². The minimum absolute atomic E-state index is 0.124. The first-order chi connectivity index (χ1) is 8.33. The van der Waals surface area contributed by atoms with Crippen LogP contribution in [-0.4, -0.2) is 30.1 Å². The molecule has 1 aromatic carbocycles. The fourth-order valence-corrected chi connectivity index (χ4v) is 1.60. The van der Waals surface area contributed by atoms with Crippen LogP contribution in [0, 0.1) is 0 Å². The Morgan fingerprint density at radius 1 is 1.17 bits per heavy atom. The molecular formula is C11H9F3O3S. The number of alkyl halides is 3. The first-order valence-electron chi connectivity index (χ1n) is 4.76. The number of hydrogen-bond acceptors (Lipinski definition) is 4. The van der Waals surface area contributed by atoms with Crippen molar-refractivity contribution in [2.75, 3.05) is 12.9 Å². The Hall–Kier alpha value is -1.50. The van der Waals surface area contributed by atoms with Crippen LogP contribution < -0.4 is 0 Å². The summed E-state index contributed by atoms with van der Waals surface area (Å²) in [5.74, 6) is -1.89. The molecule has 0 atom stereocenters. The first-order valence-corrected chi connectivity index (χ1v) is 5.74. The normalized spacial score (nSPS) is 11.1. The molecule has 0 amide bonds. The zero-order valence-electron chi connectivity index (χ0n) is 9.28. The number of benzene rings is 1. The van der Waals surface area contributed by atoms with Crippen molar-refractivity contribution in [3.8, 4) is 0 Å². The molecule has 0 radical (unpaired) electrons. The molecule has 0 aliphatic rings. The van der Waals surface area contributed by atoms with Crippen molar-refractivity contribution in [1.29, 1.82) is 0 Å². The van der Waals surface area contributed by atoms with Crippen molar-refractivity contribution in [2.24, 2.45) is 0 Å². The highest BCUT2D eigenvalue weighted by Gasteiger charge is 2.29. The number of ketones is 1. The number of esters is 1. The lowest BCUT2D eigenvalue weighted by molar-refractivity contribution is -0.0327. The van der Waals surface area contributed by atoms with E-state index in [4.69, 9.17) is 0 Å². The number of carbonyl (C=O) groups is 2. The average Bonchev–Trinajstić information content (AvgIpc) is 2.34. The summed E-state index contributed by atoms with van der Waals surface area (Å²) in [6.07, 6.45) is 0. The van der Waals surface area contributed by atoms with E-state index in [0.717, 1.165) is 0 Å². The third kappa shape index (κ3) is 4.40. The van der Waals surface area contributed by atoms with Gasteiger partial charge in [0.15, 0.2) is 5.78 Å². The van der Waals surface area contributed by atoms with Crippen LogP contribution >= 0.6 is 11.8 Å². The fraction of sp³-hybridized carbons (Fsp3) is 0.273. The van der Waals surface area contributed by atoms with Crippen LogP contribution in [0.25, 0.3) is 0 Å². The van der Waals surface area contributed by atoms with E-state index >= 15 is 0 Å². The predicted octanol–water partition coefficient (Wildman–Crippen LogP) is 2.91. The molecule has 1 aromatic rings. The van der Waals surface area contributed by atoms with Gasteiger partial charge in [0, 0.05) is 5.56 Å². The highest BCUT2D eigenvalue weighted by atomic mass is 32.2. The lowest BCUT2D eigenvalue weighted by Crippen LogP contribution is -2.09. The summed E-state index contributed by atoms with van der Waals surface area (Å²) in [7, 11) is 1.21. The number of hydrogen-bond donors (Lipinski definition) is 0. The maximum Gasteiger partial charge on any atom is 0.442 e. The Morgan fingerprint density at radius 3 is 2.11 bits per heavy atom. The number of thioether (sulfide) groups is 1. The standard InChI is InChI=1S/C11H9F3O3S/c1-17-10(16)8-4-2-7(3-5-8)9(15)6-18-11(12,13)14/h2-5H,6H2,1H3. The molecule has 3 nitrogen and oxygen atoms in total. The number of Topliss-reactive ketones (excluding diaryl/α,β-unsaturated/α-hetero) is 1. The molecule has 0 unspecified atom stereocenters. The molecule has 0 aliphatic heterocycles. The second-order valence-corrected chi connectivity index (χ2v) is 4.27. The highest BCUT2D eigenvalue weighted by molar-refractivity contribution is 8.00. The molecule has 0 spiro atoms. The quantitative estimate of drug-likeness (QED) is 0.627. The molecule has 0 fully saturated rings. The zero-order chi connectivity index (χ0) is 13.8. The summed E-state index contributed by atoms with van der Waals surface area (Å²) in [6.45, 7) is 0. The van der Waals surface area contributed by atoms with Crippen LogP contribution in [-0.2, 0) is 4.74 Å². The average molecular weight is 278 g/mol. The molecule has 0 heterocycles. The molecule has 0 saturated carbocycles. The predicted molar refractivity (Wildman–Crippen MR) is 60.6 cm³/mol. The van der Waals surface area contributed by atoms with E-state index in [1.54, 1.807) is 0 Å². The monoisotopic (exact) mass is 278 g/mol. The fourth-order valence-electron chi connectivity index (χ4n) is 1.14. The maximum absolute atomic E-state index is 11.9. The van der Waals surface area contributed by atoms with Crippen molar-refractivity contribution >= 4 is 23.5 Å². The second-order valence-electron chi connectivity index (χ2n) is 3.23. The number of carbonyl (C=O) groups excluding carboxylic acids is 2. The van der Waals surface area contributed by atoms with E-state index in [1.807, 2.05) is 0 Å². The number of ether oxygens (including phenoxy) is 1. The van der Waals surface area contributed by atoms with Gasteiger partial charge in [-0.3, -0.25) is 4.79 Å². The smallest absolute Gasteiger partial charge is 0.442 e. The summed E-state index contributed by atoms with van der Waals surface area (Å²) in [6, 6.07) is 5.26. The Morgan fingerprint density at radius 2 is 1.67 bits per heavy atom. The van der Waals surface area contributed by atoms with Gasteiger partial charge in [-0.05, 0) is 23.9 Å². The van der Waals surface area contributed by atoms with Gasteiger partial charge in [0.05, 0.1) is 18.4 Å². The molecule has 0 bridgehead atoms. The lowest BCUT2D eigenvalue weighted by Gasteiger charge is -2.05. The Balaban J connectivity index is 2.68. The van der Waals surface area contributed by atoms with Crippen LogP contribution in [0.5, 0.6) is 0 Å². The van der Waals surface area contributed by atoms with E-state index in [1.165, 1.54) is 31.4 Å². The zero-order valence-corrected chi connectivity index (χ0v) is 10.1. The van der Waals surface area contributed by atoms with Crippen molar-refractivity contribution in [3.63, 3.8) is 0 Å². The summed E-state index contributed by atoms with van der Waals surface area (Å²) in [4.78, 5) is 22.5. The lowest BCUT2D eigenvalue weighted by atomic mass is 10.1. The molecule has 0 aromatic heterocycles. The van der Waals surface area contributed by atoms with Gasteiger partial charge in [-0.1, -0.05) is 12.1 Å². The van der Waals surface area contributed by atoms with Crippen LogP contribution in [0.15, 0.2) is 24.3 Å². The minimum Gasteiger partial charge on any atom is -0.465 e. The highest BCUT2D eigenvalue weighted by Crippen LogP contribution is 2.30. The van der Waals surface area contributed by atoms with Gasteiger partial charge in [-0.2, -0.15) is 13.2 Å². The number of halogens is 3. The summed E-state index contributed by atoms with van der Waals surface area (Å²) < 4.78 is 40.1. The maximum atomic E-state index is 11.9. The van der Waals surface area contributed by atoms with E-state index in [0.29, 0.717) is 0 Å². The van der Waals surface area contributed by atoms with Crippen molar-refractivity contribution in [2.45, 2.75) is 5.51 Å². The van der Waals surface area contributed by atoms with Crippen molar-refractivity contribution < 1.29 is 27.5 Å². The third-order valence-corrected chi connectivity index (χ3v) is 2.73. The van der Waals surface area contributed by atoms with Gasteiger partial charge in [0.1, 0.15) is 0 Å². The van der Waals surface area contributed by atoms with Gasteiger partial charge in [0.2, 0.25) is 0 Å². The Bertz CT molecular complexity index is 440. The van der Waals surface area contributed by atoms with Gasteiger partial charge in [0.25, 0.3) is 0 Å². The summed E-state index contributed by atoms with van der Waals surface area (Å²) in [5.41, 5.74) is -4.07. The van der Waals surface area contributed by atoms with E-state index in [9.17, 15) is 22.8 Å². The topological polar surface area (TPSA) is 43.4 Å². The molecule has 0 N–H and O–H groups in total. The summed E-state index contributed by atoms with van der Waals surface area (Å²) >= 11 is -0.390. The van der Waals surface area contributed by atoms with Crippen molar-refractivity contribution in [3.05, 3.63) is 35.4 Å². The summed E-state index contributed by atoms with van der Waals surface area (Å²) in [5, 5.41) is 0. The Labute approximate surface area is 105 Å². The third-order valence-electron chi connectivity index (χ3n) is 1.99. The molecule has 98 valence electrons. The van der Waals surface area contributed by atoms with Gasteiger partial charge in [-0.15, -0.1) is 0 Å². The van der Waals surface area contributed by atoms with Gasteiger partial charge in [-0.25, -0.2) is 4.79 Å². The van der Waals surface area contributed by atoms with E-state index < -0.39 is 23.0 Å². The Kier molecular flexibility index (Phi) is 4.77. The van der Waals surface area contributed by atoms with Crippen LogP contribution in [0.2, 0.25) is 0 Å². The van der Waals surface area contributed by atoms with Crippen LogP contribution in [0.3, 0.4) is 0 Å². The molecule has 0 aliphatic carbocycles. The first kappa shape index (κ1) is 14.6. The van der Waals surface area contributed by atoms with Crippen LogP contribution in [0.4, 0.5) is 13.2 Å². The second kappa shape index (κ2) is 5.90. The van der Waals surface area contributed by atoms with E-state index in [2.05, 4.69) is 4.74 Å². The molecular weight excluding hydrogens is 269 g/mol. The largest absolute Gasteiger partial charge is 0.465 e. The van der Waals surface area contributed by atoms with E-state index in [-0.39, 0.29) is 22.9 Å². The molecule has 7 heteroatoms. The van der Waals surface area contributed by atoms with Gasteiger partial charge >= 0.3 is 11.5 Å². The molecule has 18 heavy (non-hydrogen) atoms. The number of methoxy groups -OCH3 is 1. The molecule has 0 saturated heterocycles. The number of rotatable bonds is 4. The van der Waals surface area contributed by atoms with Crippen LogP contribution in [0.1, 0.15) is 20.7 Å². The minimum atomic E-state index is -4.43. The SMILES string of the molecule is COC(=O)c1ccc(C(=O)CSC(F)(F)F)cc1. The van der Waals surface area contributed by atoms with Gasteiger partial charge < -0.3 is 4.74 Å².